The summed E-state index contributed by atoms with van der Waals surface area (Å²) in [6, 6.07) is 0. The molecule has 0 fully saturated rings. The molecule has 0 aromatic carbocycles. The minimum absolute atomic E-state index is 0.305. The van der Waals surface area contributed by atoms with Crippen LogP contribution in [0.2, 0.25) is 0 Å². The third kappa shape index (κ3) is 7.26. The maximum atomic E-state index is 5.09. The number of amidine groups is 1. The molecule has 0 spiro atoms. The van der Waals surface area contributed by atoms with Gasteiger partial charge >= 0.3 is 0 Å². The Balaban J connectivity index is 5.28. The van der Waals surface area contributed by atoms with Gasteiger partial charge in [-0.2, -0.15) is 0 Å². The fourth-order valence-electron chi connectivity index (χ4n) is 2.42. The van der Waals surface area contributed by atoms with Crippen LogP contribution >= 0.6 is 7.04 Å². The zero-order valence-electron chi connectivity index (χ0n) is 13.7. The van der Waals surface area contributed by atoms with E-state index in [1.165, 1.54) is 5.84 Å². The monoisotopic (exact) mass is 272 g/mol. The topological polar surface area (TPSA) is 15.6 Å². The first kappa shape index (κ1) is 17.8. The van der Waals surface area contributed by atoms with Gasteiger partial charge in [0, 0.05) is 20.5 Å². The first-order valence-electron chi connectivity index (χ1n) is 6.97. The minimum Gasteiger partial charge on any atom is -0.366 e. The maximum absolute atomic E-state index is 5.09. The van der Waals surface area contributed by atoms with Crippen molar-refractivity contribution in [1.82, 2.24) is 4.90 Å². The fraction of sp³-hybridized carbons (Fsp3) is 0.867. The van der Waals surface area contributed by atoms with Crippen LogP contribution < -0.4 is 0 Å². The third-order valence-corrected chi connectivity index (χ3v) is 6.24. The third-order valence-electron chi connectivity index (χ3n) is 2.63. The molecule has 3 heteroatoms. The number of nitrogens with zero attached hydrogens (tertiary/aromatic N) is 2. The largest absolute Gasteiger partial charge is 0.366 e. The van der Waals surface area contributed by atoms with Gasteiger partial charge in [0.05, 0.1) is 0 Å². The molecule has 0 amide bonds. The van der Waals surface area contributed by atoms with Gasteiger partial charge in [0.2, 0.25) is 0 Å². The highest BCUT2D eigenvalue weighted by Gasteiger charge is 2.24. The van der Waals surface area contributed by atoms with Crippen molar-refractivity contribution in [1.29, 1.82) is 0 Å². The van der Waals surface area contributed by atoms with E-state index < -0.39 is 7.04 Å². The van der Waals surface area contributed by atoms with Gasteiger partial charge in [-0.1, -0.05) is 47.8 Å². The van der Waals surface area contributed by atoms with Crippen molar-refractivity contribution in [2.75, 3.05) is 26.4 Å². The first-order chi connectivity index (χ1) is 7.99. The molecule has 0 aliphatic carbocycles. The molecule has 0 radical (unpaired) electrons. The number of hydrogen-bond acceptors (Lipinski definition) is 1. The quantitative estimate of drug-likeness (QED) is 0.411. The van der Waals surface area contributed by atoms with E-state index in [1.54, 1.807) is 0 Å². The second-order valence-corrected chi connectivity index (χ2v) is 10.2. The minimum atomic E-state index is -1.48. The van der Waals surface area contributed by atoms with Crippen LogP contribution in [0.25, 0.3) is 0 Å². The molecule has 0 heterocycles. The van der Waals surface area contributed by atoms with E-state index >= 15 is 0 Å². The van der Waals surface area contributed by atoms with Crippen LogP contribution in [0.15, 0.2) is 4.76 Å². The Kier molecular flexibility index (Phi) is 6.71. The average molecular weight is 272 g/mol. The van der Waals surface area contributed by atoms with E-state index in [0.717, 1.165) is 18.7 Å². The van der Waals surface area contributed by atoms with E-state index in [2.05, 4.69) is 66.8 Å². The standard InChI is InChI=1S/C15H33N2P/c1-10-14(17(7)8)16-18(9,11-13(2)3)12-15(4,5)6/h13H,9-12H2,1-8H3. The molecule has 2 nitrogen and oxygen atoms in total. The molecule has 0 saturated heterocycles. The van der Waals surface area contributed by atoms with Crippen molar-refractivity contribution >= 4 is 19.2 Å². The van der Waals surface area contributed by atoms with Crippen LogP contribution in [0.3, 0.4) is 0 Å². The Morgan fingerprint density at radius 1 is 1.28 bits per heavy atom. The van der Waals surface area contributed by atoms with Gasteiger partial charge in [0.25, 0.3) is 0 Å². The normalized spacial score (nSPS) is 16.8. The highest BCUT2D eigenvalue weighted by atomic mass is 31.2. The molecular formula is C15H33N2P. The Morgan fingerprint density at radius 3 is 2.06 bits per heavy atom. The highest BCUT2D eigenvalue weighted by molar-refractivity contribution is 7.72. The summed E-state index contributed by atoms with van der Waals surface area (Å²) in [5.74, 6) is 1.87. The summed E-state index contributed by atoms with van der Waals surface area (Å²) in [5, 5.41) is 0. The molecule has 0 rings (SSSR count). The van der Waals surface area contributed by atoms with Gasteiger partial charge in [0.15, 0.2) is 0 Å². The Labute approximate surface area is 115 Å². The first-order valence-corrected chi connectivity index (χ1v) is 9.26. The van der Waals surface area contributed by atoms with Crippen molar-refractivity contribution in [2.45, 2.75) is 48.0 Å². The van der Waals surface area contributed by atoms with Crippen molar-refractivity contribution in [3.05, 3.63) is 0 Å². The van der Waals surface area contributed by atoms with E-state index in [0.29, 0.717) is 11.3 Å². The molecular weight excluding hydrogens is 239 g/mol. The summed E-state index contributed by atoms with van der Waals surface area (Å²) in [6.07, 6.45) is 7.84. The van der Waals surface area contributed by atoms with Crippen LogP contribution in [0, 0.1) is 11.3 Å². The number of hydrogen-bond donors (Lipinski definition) is 0. The van der Waals surface area contributed by atoms with Crippen molar-refractivity contribution < 1.29 is 0 Å². The summed E-state index contributed by atoms with van der Waals surface area (Å²) in [6.45, 7) is 13.6. The lowest BCUT2D eigenvalue weighted by Gasteiger charge is -2.31. The van der Waals surface area contributed by atoms with E-state index in [9.17, 15) is 0 Å². The zero-order valence-corrected chi connectivity index (χ0v) is 14.6. The summed E-state index contributed by atoms with van der Waals surface area (Å²) in [4.78, 5) is 2.14. The molecule has 1 unspecified atom stereocenters. The van der Waals surface area contributed by atoms with Gasteiger partial charge in [-0.15, -0.1) is 0 Å². The maximum Gasteiger partial charge on any atom is 0.102 e. The van der Waals surface area contributed by atoms with Gasteiger partial charge in [-0.05, 0) is 30.7 Å². The van der Waals surface area contributed by atoms with Crippen molar-refractivity contribution in [3.8, 4) is 0 Å². The summed E-state index contributed by atoms with van der Waals surface area (Å²) >= 11 is 0. The van der Waals surface area contributed by atoms with E-state index in [-0.39, 0.29) is 0 Å². The molecule has 108 valence electrons. The molecule has 18 heavy (non-hydrogen) atoms. The predicted octanol–water partition coefficient (Wildman–Crippen LogP) is 4.42. The molecule has 1 atom stereocenters. The molecule has 0 saturated carbocycles. The molecule has 0 N–H and O–H groups in total. The van der Waals surface area contributed by atoms with Crippen molar-refractivity contribution in [3.63, 3.8) is 0 Å². The second-order valence-electron chi connectivity index (χ2n) is 7.15. The lowest BCUT2D eigenvalue weighted by Crippen LogP contribution is -2.22. The number of rotatable bonds is 5. The molecule has 0 aliphatic heterocycles. The lowest BCUT2D eigenvalue weighted by molar-refractivity contribution is 0.475. The Bertz CT molecular complexity index is 322. The van der Waals surface area contributed by atoms with Gasteiger partial charge in [-0.25, -0.2) is 0 Å². The van der Waals surface area contributed by atoms with Crippen LogP contribution in [0.5, 0.6) is 0 Å². The van der Waals surface area contributed by atoms with Crippen LogP contribution in [-0.4, -0.2) is 43.5 Å². The van der Waals surface area contributed by atoms with Crippen LogP contribution in [0.1, 0.15) is 48.0 Å². The van der Waals surface area contributed by atoms with E-state index in [4.69, 9.17) is 4.76 Å². The van der Waals surface area contributed by atoms with Gasteiger partial charge in [-0.3, -0.25) is 4.76 Å². The molecule has 0 aromatic heterocycles. The molecule has 0 aliphatic rings. The van der Waals surface area contributed by atoms with E-state index in [1.807, 2.05) is 0 Å². The SMILES string of the molecule is C=P(CC(C)C)(CC(C)(C)C)N=C(CC)N(C)C. The highest BCUT2D eigenvalue weighted by Crippen LogP contribution is 2.52. The molecule has 0 bridgehead atoms. The van der Waals surface area contributed by atoms with Gasteiger partial charge in [0.1, 0.15) is 5.84 Å². The predicted molar refractivity (Wildman–Crippen MR) is 89.5 cm³/mol. The summed E-state index contributed by atoms with van der Waals surface area (Å²) in [5.41, 5.74) is 0.305. The lowest BCUT2D eigenvalue weighted by atomic mass is 10.0. The summed E-state index contributed by atoms with van der Waals surface area (Å²) in [7, 11) is 2.69. The summed E-state index contributed by atoms with van der Waals surface area (Å²) < 4.78 is 5.09. The van der Waals surface area contributed by atoms with Crippen LogP contribution in [-0.2, 0) is 0 Å². The zero-order chi connectivity index (χ0) is 14.6. The smallest absolute Gasteiger partial charge is 0.102 e. The molecule has 0 aromatic rings. The Morgan fingerprint density at radius 2 is 1.78 bits per heavy atom. The Hall–Kier alpha value is -0.230. The van der Waals surface area contributed by atoms with Crippen molar-refractivity contribution in [2.24, 2.45) is 16.1 Å². The fourth-order valence-corrected chi connectivity index (χ4v) is 6.64. The van der Waals surface area contributed by atoms with Gasteiger partial charge < -0.3 is 4.90 Å². The van der Waals surface area contributed by atoms with Crippen LogP contribution in [0.4, 0.5) is 0 Å². The second kappa shape index (κ2) is 6.80. The average Bonchev–Trinajstić information content (AvgIpc) is 2.08.